The van der Waals surface area contributed by atoms with Crippen molar-refractivity contribution in [3.63, 3.8) is 0 Å². The molecule has 17 rings (SSSR count). The zero-order valence-corrected chi connectivity index (χ0v) is 51.2. The molecule has 0 amide bonds. The highest BCUT2D eigenvalue weighted by Gasteiger charge is 2.52. The predicted molar refractivity (Wildman–Crippen MR) is 361 cm³/mol. The smallest absolute Gasteiger partial charge is 0.455 e. The van der Waals surface area contributed by atoms with E-state index in [0.717, 1.165) is 130 Å². The van der Waals surface area contributed by atoms with Crippen LogP contribution in [0.4, 0.5) is 0 Å². The lowest BCUT2D eigenvalue weighted by atomic mass is 9.81. The summed E-state index contributed by atoms with van der Waals surface area (Å²) < 4.78 is 32.9. The van der Waals surface area contributed by atoms with Gasteiger partial charge in [-0.05, 0) is 133 Å². The van der Waals surface area contributed by atoms with Gasteiger partial charge in [0.05, 0.1) is 27.9 Å². The summed E-state index contributed by atoms with van der Waals surface area (Å²) >= 11 is 6.88. The molecule has 14 heteroatoms. The summed E-state index contributed by atoms with van der Waals surface area (Å²) in [6, 6.07) is 67.8. The summed E-state index contributed by atoms with van der Waals surface area (Å²) in [5, 5.41) is 11.2. The monoisotopic (exact) mass is 1270 g/mol. The number of rotatable bonds is 6. The molecular formula is C74H51BBr2N6O5. The van der Waals surface area contributed by atoms with Crippen LogP contribution < -0.4 is 5.46 Å². The second kappa shape index (κ2) is 22.2. The lowest BCUT2D eigenvalue weighted by Gasteiger charge is -2.32. The Morgan fingerprint density at radius 2 is 0.648 bits per heavy atom. The highest BCUT2D eigenvalue weighted by molar-refractivity contribution is 9.10. The highest BCUT2D eigenvalue weighted by Crippen LogP contribution is 2.40. The van der Waals surface area contributed by atoms with E-state index in [0.29, 0.717) is 17.5 Å². The van der Waals surface area contributed by atoms with Gasteiger partial charge in [0.1, 0.15) is 33.5 Å². The first-order valence-corrected chi connectivity index (χ1v) is 30.4. The largest absolute Gasteiger partial charge is 0.498 e. The third kappa shape index (κ3) is 10.2. The number of halogens is 2. The molecule has 1 saturated heterocycles. The van der Waals surface area contributed by atoms with Gasteiger partial charge in [-0.3, -0.25) is 0 Å². The molecule has 0 aliphatic carbocycles. The van der Waals surface area contributed by atoms with Crippen molar-refractivity contribution in [2.24, 2.45) is 0 Å². The molecule has 11 nitrogen and oxygen atoms in total. The lowest BCUT2D eigenvalue weighted by molar-refractivity contribution is 0.00578. The zero-order chi connectivity index (χ0) is 59.7. The van der Waals surface area contributed by atoms with E-state index in [1.807, 2.05) is 143 Å². The number of nitrogens with zero attached hydrogens (tertiary/aromatic N) is 6. The van der Waals surface area contributed by atoms with Crippen LogP contribution in [0.3, 0.4) is 0 Å². The maximum Gasteiger partial charge on any atom is 0.498 e. The van der Waals surface area contributed by atoms with Crippen molar-refractivity contribution in [1.82, 2.24) is 29.9 Å². The van der Waals surface area contributed by atoms with Crippen molar-refractivity contribution < 1.29 is 22.6 Å². The molecule has 0 saturated carbocycles. The van der Waals surface area contributed by atoms with Crippen LogP contribution >= 0.6 is 31.9 Å². The number of para-hydroxylation sites is 6. The summed E-state index contributed by atoms with van der Waals surface area (Å²) in [6.07, 6.45) is 11.1. The van der Waals surface area contributed by atoms with Gasteiger partial charge in [0.15, 0.2) is 17.5 Å². The Balaban J connectivity index is 0.000000136. The molecule has 0 bridgehead atoms. The summed E-state index contributed by atoms with van der Waals surface area (Å²) in [5.41, 5.74) is 11.6. The number of aromatic nitrogens is 6. The van der Waals surface area contributed by atoms with Crippen molar-refractivity contribution in [2.45, 2.75) is 38.9 Å². The summed E-state index contributed by atoms with van der Waals surface area (Å²) in [7, 11) is -0.471. The van der Waals surface area contributed by atoms with Crippen molar-refractivity contribution in [2.75, 3.05) is 0 Å². The Morgan fingerprint density at radius 1 is 0.318 bits per heavy atom. The van der Waals surface area contributed by atoms with E-state index < -0.39 is 18.3 Å². The number of hydrogen-bond donors (Lipinski definition) is 0. The van der Waals surface area contributed by atoms with Gasteiger partial charge in [0.2, 0.25) is 0 Å². The minimum Gasteiger partial charge on any atom is -0.455 e. The summed E-state index contributed by atoms with van der Waals surface area (Å²) in [6.45, 7) is 8.13. The molecule has 10 aromatic carbocycles. The van der Waals surface area contributed by atoms with Gasteiger partial charge in [0, 0.05) is 95.0 Å². The van der Waals surface area contributed by atoms with Crippen molar-refractivity contribution >= 4 is 132 Å². The van der Waals surface area contributed by atoms with E-state index in [1.165, 1.54) is 10.8 Å². The summed E-state index contributed by atoms with van der Waals surface area (Å²) in [4.78, 5) is 28.2. The average molecular weight is 1270 g/mol. The van der Waals surface area contributed by atoms with Crippen molar-refractivity contribution in [1.29, 1.82) is 0 Å². The lowest BCUT2D eigenvalue weighted by Crippen LogP contribution is -2.41. The third-order valence-electron chi connectivity index (χ3n) is 16.7. The molecule has 0 radical (unpaired) electrons. The summed E-state index contributed by atoms with van der Waals surface area (Å²) in [5.74, 6) is 1.88. The molecule has 16 aromatic rings. The minimum atomic E-state index is -0.471. The first kappa shape index (κ1) is 54.9. The second-order valence-corrected chi connectivity index (χ2v) is 24.6. The van der Waals surface area contributed by atoms with Crippen LogP contribution in [0.15, 0.2) is 260 Å². The highest BCUT2D eigenvalue weighted by atomic mass is 79.9. The molecule has 0 atom stereocenters. The minimum absolute atomic E-state index is 0.393. The van der Waals surface area contributed by atoms with Gasteiger partial charge in [0.25, 0.3) is 0 Å². The molecule has 0 spiro atoms. The molecule has 1 fully saturated rings. The van der Waals surface area contributed by atoms with Crippen molar-refractivity contribution in [3.8, 4) is 56.4 Å². The Hall–Kier alpha value is -9.70. The van der Waals surface area contributed by atoms with E-state index in [4.69, 9.17) is 42.5 Å². The van der Waals surface area contributed by atoms with Gasteiger partial charge >= 0.3 is 7.12 Å². The Bertz CT molecular complexity index is 5090. The van der Waals surface area contributed by atoms with Gasteiger partial charge in [-0.15, -0.1) is 0 Å². The van der Waals surface area contributed by atoms with E-state index >= 15 is 0 Å². The first-order chi connectivity index (χ1) is 42.9. The van der Waals surface area contributed by atoms with E-state index in [-0.39, 0.29) is 0 Å². The van der Waals surface area contributed by atoms with Crippen LogP contribution in [-0.2, 0) is 9.31 Å². The second-order valence-electron chi connectivity index (χ2n) is 22.8. The normalized spacial score (nSPS) is 13.6. The molecule has 7 heterocycles. The zero-order valence-electron chi connectivity index (χ0n) is 48.1. The molecule has 1 aliphatic heterocycles. The maximum absolute atomic E-state index is 6.21. The van der Waals surface area contributed by atoms with Crippen molar-refractivity contribution in [3.05, 3.63) is 246 Å². The number of fused-ring (bicyclic) bond motifs is 11. The van der Waals surface area contributed by atoms with Crippen LogP contribution in [0, 0.1) is 0 Å². The molecule has 6 aromatic heterocycles. The molecule has 424 valence electrons. The van der Waals surface area contributed by atoms with E-state index in [1.54, 1.807) is 12.4 Å². The van der Waals surface area contributed by atoms with Crippen LogP contribution in [0.5, 0.6) is 0 Å². The van der Waals surface area contributed by atoms with Crippen LogP contribution in [0.25, 0.3) is 144 Å². The topological polar surface area (TPSA) is 135 Å². The fourth-order valence-corrected chi connectivity index (χ4v) is 12.1. The fraction of sp³-hybridized carbons (Fsp3) is 0.0811. The molecule has 0 N–H and O–H groups in total. The number of hydrogen-bond acceptors (Lipinski definition) is 11. The van der Waals surface area contributed by atoms with Crippen LogP contribution in [-0.4, -0.2) is 48.2 Å². The first-order valence-electron chi connectivity index (χ1n) is 28.8. The average Bonchev–Trinajstić information content (AvgIpc) is 1.74. The molecule has 0 unspecified atom stereocenters. The van der Waals surface area contributed by atoms with Gasteiger partial charge in [-0.2, -0.15) is 0 Å². The Labute approximate surface area is 522 Å². The molecular weight excluding hydrogens is 1220 g/mol. The van der Waals surface area contributed by atoms with Crippen LogP contribution in [0.2, 0.25) is 0 Å². The quantitative estimate of drug-likeness (QED) is 0.147. The Morgan fingerprint density at radius 3 is 1.03 bits per heavy atom. The molecule has 1 aliphatic rings. The fourth-order valence-electron chi connectivity index (χ4n) is 11.4. The number of benzene rings is 10. The predicted octanol–water partition coefficient (Wildman–Crippen LogP) is 19.6. The maximum atomic E-state index is 6.21. The van der Waals surface area contributed by atoms with Gasteiger partial charge in [-0.25, -0.2) is 29.9 Å². The number of furan rings is 3. The van der Waals surface area contributed by atoms with Crippen LogP contribution in [0.1, 0.15) is 27.7 Å². The standard InChI is InChI=1S/C42H24N4O2.C22H21BN2O3.C10H6Br2/c1-3-13-37-31(7-1)33-9-5-11-35(39(33)47-37)41-43-21-29(22-44-41)26-17-15-25-16-18-27(20-28(25)19-26)30-23-45-42(46-24-30)36-12-6-10-34-32-8-2-4-14-38(32)48-40(34)36;1-21(2)22(3,4)28-23(27-21)14-12-24-20(25-13-14)17-10-7-9-16-15-8-5-6-11-18(15)26-19(16)17;11-9-3-1-7-2-4-10(12)6-8(7)5-9/h1-24H;5-13H,1-4H3;1-6H. The van der Waals surface area contributed by atoms with Gasteiger partial charge in [-0.1, -0.05) is 159 Å². The Kier molecular flexibility index (Phi) is 13.9. The SMILES string of the molecule is Brc1ccc2ccc(Br)cc2c1.CC1(C)OB(c2cnc(-c3cccc4c3oc3ccccc34)nc2)OC1(C)C.c1ccc2c(c1)oc1c(-c3ncc(-c4ccc5ccc(-c6cnc(-c7cccc8c7oc7ccccc78)nc6)cc5c4)cn3)cccc12. The van der Waals surface area contributed by atoms with E-state index in [2.05, 4.69) is 151 Å². The molecule has 88 heavy (non-hydrogen) atoms. The van der Waals surface area contributed by atoms with Gasteiger partial charge < -0.3 is 22.6 Å². The third-order valence-corrected chi connectivity index (χ3v) is 17.7. The van der Waals surface area contributed by atoms with E-state index in [9.17, 15) is 0 Å².